The third-order valence-corrected chi connectivity index (χ3v) is 9.72. The van der Waals surface area contributed by atoms with Crippen molar-refractivity contribution in [2.45, 2.75) is 79.7 Å². The lowest BCUT2D eigenvalue weighted by Gasteiger charge is -2.56. The standard InChI is InChI=1S/C37H43N.H6N3OP/c1-24-14-9-18-32(28(24)5)35-21-13-23-38(36-22-12-17-27(4)31(36)8)37(35,33-19-10-15-25(2)29(33)6)34-20-11-16-26(3)30(34)7;1-5(2,3)4/h9-12,14-20,22,35H,13,21,23H2,1-8H3;(H6,1,2,3,4). The number of hydrogen-bond donors (Lipinski definition) is 3. The minimum atomic E-state index is -3.14. The zero-order valence-corrected chi connectivity index (χ0v) is 28.1. The lowest BCUT2D eigenvalue weighted by molar-refractivity contribution is 0.311. The van der Waals surface area contributed by atoms with Crippen LogP contribution in [0.2, 0.25) is 0 Å². The van der Waals surface area contributed by atoms with Crippen molar-refractivity contribution in [3.8, 4) is 0 Å². The van der Waals surface area contributed by atoms with Crippen molar-refractivity contribution in [2.75, 3.05) is 11.4 Å². The van der Waals surface area contributed by atoms with Crippen LogP contribution < -0.4 is 21.4 Å². The molecule has 0 bridgehead atoms. The van der Waals surface area contributed by atoms with Crippen LogP contribution in [0.1, 0.15) is 80.0 Å². The van der Waals surface area contributed by atoms with E-state index in [9.17, 15) is 4.57 Å². The van der Waals surface area contributed by atoms with Gasteiger partial charge in [-0.3, -0.25) is 21.1 Å². The van der Waals surface area contributed by atoms with Gasteiger partial charge in [-0.15, -0.1) is 0 Å². The summed E-state index contributed by atoms with van der Waals surface area (Å²) in [6.07, 6.45) is 2.33. The fraction of sp³-hybridized carbons (Fsp3) is 0.351. The summed E-state index contributed by atoms with van der Waals surface area (Å²) in [6.45, 7) is 19.4. The molecule has 6 N–H and O–H groups in total. The number of aryl methyl sites for hydroxylation is 4. The Morgan fingerprint density at radius 1 is 0.628 bits per heavy atom. The summed E-state index contributed by atoms with van der Waals surface area (Å²) in [7, 11) is -3.14. The largest absolute Gasteiger partial charge is 0.357 e. The summed E-state index contributed by atoms with van der Waals surface area (Å²) >= 11 is 0. The Kier molecular flexibility index (Phi) is 9.73. The van der Waals surface area contributed by atoms with Crippen LogP contribution in [-0.2, 0) is 10.1 Å². The van der Waals surface area contributed by atoms with Gasteiger partial charge in [-0.1, -0.05) is 66.7 Å². The Morgan fingerprint density at radius 2 is 1.05 bits per heavy atom. The van der Waals surface area contributed by atoms with E-state index in [1.54, 1.807) is 0 Å². The van der Waals surface area contributed by atoms with Crippen LogP contribution in [0.4, 0.5) is 5.69 Å². The first-order valence-corrected chi connectivity index (χ1v) is 17.1. The highest BCUT2D eigenvalue weighted by atomic mass is 31.2. The number of rotatable bonds is 4. The van der Waals surface area contributed by atoms with Crippen molar-refractivity contribution in [2.24, 2.45) is 16.5 Å². The number of piperidine rings is 1. The van der Waals surface area contributed by atoms with E-state index in [4.69, 9.17) is 0 Å². The molecule has 4 aromatic rings. The van der Waals surface area contributed by atoms with Crippen molar-refractivity contribution in [1.82, 2.24) is 0 Å². The second-order valence-corrected chi connectivity index (χ2v) is 13.9. The summed E-state index contributed by atoms with van der Waals surface area (Å²) in [5, 5.41) is 0. The molecule has 1 fully saturated rings. The van der Waals surface area contributed by atoms with Crippen LogP contribution in [-0.4, -0.2) is 6.54 Å². The van der Waals surface area contributed by atoms with Gasteiger partial charge in [0.15, 0.2) is 0 Å². The molecule has 1 aliphatic heterocycles. The average molecular weight is 597 g/mol. The van der Waals surface area contributed by atoms with Gasteiger partial charge < -0.3 is 4.90 Å². The lowest BCUT2D eigenvalue weighted by Crippen LogP contribution is -2.56. The summed E-state index contributed by atoms with van der Waals surface area (Å²) in [5.74, 6) is 0.317. The maximum atomic E-state index is 9.55. The second kappa shape index (κ2) is 12.8. The monoisotopic (exact) mass is 596 g/mol. The Bertz CT molecular complexity index is 1550. The van der Waals surface area contributed by atoms with E-state index in [-0.39, 0.29) is 5.54 Å². The predicted octanol–water partition coefficient (Wildman–Crippen LogP) is 8.45. The first kappa shape index (κ1) is 32.7. The first-order valence-electron chi connectivity index (χ1n) is 15.2. The third kappa shape index (κ3) is 6.37. The summed E-state index contributed by atoms with van der Waals surface area (Å²) in [5.41, 5.74) is 29.9. The molecule has 0 spiro atoms. The van der Waals surface area contributed by atoms with E-state index < -0.39 is 7.59 Å². The van der Waals surface area contributed by atoms with Gasteiger partial charge in [0.05, 0.1) is 5.54 Å². The molecule has 228 valence electrons. The van der Waals surface area contributed by atoms with Crippen molar-refractivity contribution in [3.63, 3.8) is 0 Å². The highest BCUT2D eigenvalue weighted by Gasteiger charge is 2.52. The van der Waals surface area contributed by atoms with E-state index in [0.717, 1.165) is 13.0 Å². The van der Waals surface area contributed by atoms with Gasteiger partial charge in [0.2, 0.25) is 0 Å². The summed E-state index contributed by atoms with van der Waals surface area (Å²) in [4.78, 5) is 2.80. The molecular weight excluding hydrogens is 547 g/mol. The molecule has 5 rings (SSSR count). The number of anilines is 1. The molecule has 0 radical (unpaired) electrons. The van der Waals surface area contributed by atoms with Gasteiger partial charge in [-0.05, 0) is 135 Å². The Hall–Kier alpha value is -3.21. The van der Waals surface area contributed by atoms with E-state index in [1.807, 2.05) is 0 Å². The summed E-state index contributed by atoms with van der Waals surface area (Å²) in [6, 6.07) is 27.7. The van der Waals surface area contributed by atoms with Crippen LogP contribution in [0.15, 0.2) is 72.8 Å². The topological polar surface area (TPSA) is 98.4 Å². The SMILES string of the molecule is Cc1cccc(C2CCCN(c3cccc(C)c3C)C2(c2cccc(C)c2C)c2cccc(C)c2C)c1C.NP(N)(N)=O. The molecule has 5 nitrogen and oxygen atoms in total. The molecular formula is C37H49N4OP. The minimum absolute atomic E-state index is 0.317. The molecule has 4 aromatic carbocycles. The molecule has 43 heavy (non-hydrogen) atoms. The maximum absolute atomic E-state index is 9.55. The zero-order valence-electron chi connectivity index (χ0n) is 27.2. The van der Waals surface area contributed by atoms with Crippen molar-refractivity contribution in [3.05, 3.63) is 134 Å². The van der Waals surface area contributed by atoms with Gasteiger partial charge in [0.1, 0.15) is 0 Å². The van der Waals surface area contributed by atoms with Gasteiger partial charge in [0.25, 0.3) is 7.59 Å². The van der Waals surface area contributed by atoms with Gasteiger partial charge in [0, 0.05) is 18.2 Å². The fourth-order valence-electron chi connectivity index (χ4n) is 7.04. The number of nitrogens with two attached hydrogens (primary N) is 3. The molecule has 0 aromatic heterocycles. The molecule has 1 atom stereocenters. The van der Waals surface area contributed by atoms with Crippen molar-refractivity contribution < 1.29 is 4.57 Å². The third-order valence-electron chi connectivity index (χ3n) is 9.72. The quantitative estimate of drug-likeness (QED) is 0.205. The molecule has 1 unspecified atom stereocenters. The number of hydrogen-bond acceptors (Lipinski definition) is 2. The average Bonchev–Trinajstić information content (AvgIpc) is 2.94. The smallest absolute Gasteiger partial charge is 0.271 e. The maximum Gasteiger partial charge on any atom is 0.271 e. The van der Waals surface area contributed by atoms with Gasteiger partial charge in [-0.25, -0.2) is 0 Å². The van der Waals surface area contributed by atoms with E-state index in [2.05, 4.69) is 150 Å². The van der Waals surface area contributed by atoms with Gasteiger partial charge >= 0.3 is 0 Å². The van der Waals surface area contributed by atoms with E-state index in [1.165, 1.54) is 73.3 Å². The number of benzene rings is 4. The van der Waals surface area contributed by atoms with Crippen LogP contribution in [0.3, 0.4) is 0 Å². The fourth-order valence-corrected chi connectivity index (χ4v) is 7.04. The van der Waals surface area contributed by atoms with Crippen LogP contribution in [0.25, 0.3) is 0 Å². The lowest BCUT2D eigenvalue weighted by atomic mass is 9.62. The normalized spacial score (nSPS) is 16.4. The molecule has 6 heteroatoms. The Morgan fingerprint density at radius 3 is 1.56 bits per heavy atom. The minimum Gasteiger partial charge on any atom is -0.357 e. The molecule has 1 aliphatic rings. The molecule has 0 aliphatic carbocycles. The summed E-state index contributed by atoms with van der Waals surface area (Å²) < 4.78 is 9.55. The molecule has 0 amide bonds. The second-order valence-electron chi connectivity index (χ2n) is 12.4. The van der Waals surface area contributed by atoms with Crippen molar-refractivity contribution in [1.29, 1.82) is 0 Å². The zero-order chi connectivity index (χ0) is 31.7. The Labute approximate surface area is 259 Å². The highest BCUT2D eigenvalue weighted by molar-refractivity contribution is 7.56. The van der Waals surface area contributed by atoms with Crippen LogP contribution in [0.5, 0.6) is 0 Å². The van der Waals surface area contributed by atoms with Crippen LogP contribution >= 0.6 is 7.59 Å². The molecule has 0 saturated carbocycles. The molecule has 1 saturated heterocycles. The van der Waals surface area contributed by atoms with Crippen molar-refractivity contribution >= 4 is 13.3 Å². The van der Waals surface area contributed by atoms with Crippen LogP contribution in [0, 0.1) is 55.4 Å². The number of nitrogens with zero attached hydrogens (tertiary/aromatic N) is 1. The molecule has 1 heterocycles. The predicted molar refractivity (Wildman–Crippen MR) is 184 cm³/mol. The highest BCUT2D eigenvalue weighted by Crippen LogP contribution is 2.56. The Balaban J connectivity index is 0.000000782. The first-order chi connectivity index (χ1) is 20.2. The van der Waals surface area contributed by atoms with Gasteiger partial charge in [-0.2, -0.15) is 0 Å². The van der Waals surface area contributed by atoms with E-state index in [0.29, 0.717) is 5.92 Å². The van der Waals surface area contributed by atoms with E-state index >= 15 is 0 Å².